The maximum Gasteiger partial charge on any atom is 0.217 e. The number of benzene rings is 1. The van der Waals surface area contributed by atoms with Gasteiger partial charge in [-0.05, 0) is 80.7 Å². The van der Waals surface area contributed by atoms with Gasteiger partial charge in [-0.2, -0.15) is 0 Å². The number of allylic oxidation sites excluding steroid dienone is 1. The molecule has 4 aliphatic rings. The molecule has 5 rings (SSSR count). The molecule has 0 aromatic heterocycles. The number of hydrogen-bond acceptors (Lipinski definition) is 3. The fraction of sp³-hybridized carbons (Fsp3) is 0.652. The normalized spacial score (nSPS) is 29.1. The Labute approximate surface area is 169 Å². The van der Waals surface area contributed by atoms with Crippen LogP contribution in [0.2, 0.25) is 0 Å². The molecule has 3 fully saturated rings. The summed E-state index contributed by atoms with van der Waals surface area (Å²) in [6, 6.07) is 9.10. The van der Waals surface area contributed by atoms with E-state index in [2.05, 4.69) is 35.2 Å². The third-order valence-corrected chi connectivity index (χ3v) is 9.55. The van der Waals surface area contributed by atoms with Crippen molar-refractivity contribution in [3.63, 3.8) is 0 Å². The van der Waals surface area contributed by atoms with Gasteiger partial charge < -0.3 is 4.90 Å². The molecule has 0 radical (unpaired) electrons. The zero-order valence-corrected chi connectivity index (χ0v) is 17.5. The van der Waals surface area contributed by atoms with Crippen molar-refractivity contribution >= 4 is 15.6 Å². The minimum absolute atomic E-state index is 0.0880. The van der Waals surface area contributed by atoms with Crippen molar-refractivity contribution in [1.82, 2.24) is 9.21 Å². The Kier molecular flexibility index (Phi) is 5.10. The van der Waals surface area contributed by atoms with E-state index in [-0.39, 0.29) is 5.25 Å². The predicted molar refractivity (Wildman–Crippen MR) is 114 cm³/mol. The zero-order valence-electron chi connectivity index (χ0n) is 16.7. The summed E-state index contributed by atoms with van der Waals surface area (Å²) in [4.78, 5) is 2.57. The first-order valence-corrected chi connectivity index (χ1v) is 12.6. The van der Waals surface area contributed by atoms with Gasteiger partial charge in [-0.3, -0.25) is 0 Å². The molecule has 5 heteroatoms. The van der Waals surface area contributed by atoms with Crippen LogP contribution in [0.5, 0.6) is 0 Å². The first kappa shape index (κ1) is 18.8. The van der Waals surface area contributed by atoms with Crippen LogP contribution in [0.1, 0.15) is 49.7 Å². The number of likely N-dealkylation sites (tertiary alicyclic amines) is 1. The molecule has 28 heavy (non-hydrogen) atoms. The minimum atomic E-state index is -3.05. The Morgan fingerprint density at radius 2 is 1.71 bits per heavy atom. The molecule has 2 heterocycles. The number of sulfonamides is 1. The van der Waals surface area contributed by atoms with Gasteiger partial charge in [0.2, 0.25) is 10.0 Å². The highest BCUT2D eigenvalue weighted by Crippen LogP contribution is 2.44. The number of rotatable bonds is 6. The van der Waals surface area contributed by atoms with Gasteiger partial charge in [-0.25, -0.2) is 12.7 Å². The molecule has 0 spiro atoms. The summed E-state index contributed by atoms with van der Waals surface area (Å²) >= 11 is 0. The third kappa shape index (κ3) is 3.69. The molecule has 0 bridgehead atoms. The monoisotopic (exact) mass is 400 g/mol. The molecule has 152 valence electrons. The molecule has 1 aromatic rings. The highest BCUT2D eigenvalue weighted by Gasteiger charge is 2.47. The number of nitrogens with zero attached hydrogens (tertiary/aromatic N) is 2. The lowest BCUT2D eigenvalue weighted by atomic mass is 9.78. The van der Waals surface area contributed by atoms with Crippen LogP contribution >= 0.6 is 0 Å². The first-order valence-electron chi connectivity index (χ1n) is 11.1. The second-order valence-corrected chi connectivity index (χ2v) is 11.4. The van der Waals surface area contributed by atoms with E-state index in [0.29, 0.717) is 18.4 Å². The van der Waals surface area contributed by atoms with E-state index in [4.69, 9.17) is 0 Å². The average molecular weight is 401 g/mol. The Morgan fingerprint density at radius 1 is 0.964 bits per heavy atom. The largest absolute Gasteiger partial charge is 0.303 e. The van der Waals surface area contributed by atoms with Gasteiger partial charge in [0.05, 0.1) is 5.25 Å². The molecule has 2 aliphatic carbocycles. The molecule has 0 N–H and O–H groups in total. The van der Waals surface area contributed by atoms with Crippen LogP contribution in [0.4, 0.5) is 0 Å². The van der Waals surface area contributed by atoms with Crippen molar-refractivity contribution in [3.8, 4) is 0 Å². The predicted octanol–water partition coefficient (Wildman–Crippen LogP) is 3.54. The highest BCUT2D eigenvalue weighted by atomic mass is 32.2. The van der Waals surface area contributed by atoms with E-state index < -0.39 is 10.0 Å². The molecule has 0 amide bonds. The van der Waals surface area contributed by atoms with Crippen molar-refractivity contribution in [2.75, 3.05) is 32.7 Å². The number of hydrogen-bond donors (Lipinski definition) is 0. The third-order valence-electron chi connectivity index (χ3n) is 7.22. The van der Waals surface area contributed by atoms with Gasteiger partial charge in [0.25, 0.3) is 0 Å². The summed E-state index contributed by atoms with van der Waals surface area (Å²) in [7, 11) is -3.05. The van der Waals surface area contributed by atoms with E-state index >= 15 is 0 Å². The Hall–Kier alpha value is -1.17. The molecule has 2 saturated heterocycles. The maximum absolute atomic E-state index is 12.7. The summed E-state index contributed by atoms with van der Waals surface area (Å²) in [6.07, 6.45) is 10.1. The Balaban J connectivity index is 1.27. The average Bonchev–Trinajstić information content (AvgIpc) is 3.27. The van der Waals surface area contributed by atoms with Crippen LogP contribution in [0.3, 0.4) is 0 Å². The molecular weight excluding hydrogens is 368 g/mol. The van der Waals surface area contributed by atoms with E-state index in [1.54, 1.807) is 0 Å². The topological polar surface area (TPSA) is 40.6 Å². The lowest BCUT2D eigenvalue weighted by molar-refractivity contribution is 0.343. The molecule has 1 saturated carbocycles. The Morgan fingerprint density at radius 3 is 2.43 bits per heavy atom. The van der Waals surface area contributed by atoms with Crippen molar-refractivity contribution < 1.29 is 8.42 Å². The lowest BCUT2D eigenvalue weighted by Crippen LogP contribution is -2.32. The van der Waals surface area contributed by atoms with Gasteiger partial charge >= 0.3 is 0 Å². The fourth-order valence-corrected chi connectivity index (χ4v) is 7.28. The first-order chi connectivity index (χ1) is 13.6. The summed E-state index contributed by atoms with van der Waals surface area (Å²) in [5.74, 6) is 0.862. The summed E-state index contributed by atoms with van der Waals surface area (Å²) in [6.45, 7) is 5.10. The molecule has 1 aromatic carbocycles. The number of fused-ring (bicyclic) bond motifs is 1. The van der Waals surface area contributed by atoms with E-state index in [0.717, 1.165) is 38.6 Å². The second kappa shape index (κ2) is 7.58. The van der Waals surface area contributed by atoms with Gasteiger partial charge in [-0.1, -0.05) is 30.3 Å². The summed E-state index contributed by atoms with van der Waals surface area (Å²) in [5.41, 5.74) is 4.09. The van der Waals surface area contributed by atoms with E-state index in [9.17, 15) is 8.42 Å². The minimum Gasteiger partial charge on any atom is -0.303 e. The quantitative estimate of drug-likeness (QED) is 0.733. The SMILES string of the molecule is O=S(=O)(C1CC1)N1CC2C(c3ccc(CCN4CCCC4)cc3)=CCC[C@@H]2C1. The highest BCUT2D eigenvalue weighted by molar-refractivity contribution is 7.90. The summed E-state index contributed by atoms with van der Waals surface area (Å²) in [5, 5.41) is -0.0880. The van der Waals surface area contributed by atoms with Crippen LogP contribution < -0.4 is 0 Å². The molecular formula is C23H32N2O2S. The van der Waals surface area contributed by atoms with Gasteiger partial charge in [0.1, 0.15) is 0 Å². The fourth-order valence-electron chi connectivity index (χ4n) is 5.35. The zero-order chi connectivity index (χ0) is 19.1. The lowest BCUT2D eigenvalue weighted by Gasteiger charge is -2.26. The van der Waals surface area contributed by atoms with Crippen molar-refractivity contribution in [1.29, 1.82) is 0 Å². The van der Waals surface area contributed by atoms with Gasteiger partial charge in [0, 0.05) is 25.6 Å². The van der Waals surface area contributed by atoms with Gasteiger partial charge in [-0.15, -0.1) is 0 Å². The maximum atomic E-state index is 12.7. The van der Waals surface area contributed by atoms with Crippen LogP contribution in [0, 0.1) is 11.8 Å². The van der Waals surface area contributed by atoms with Crippen molar-refractivity contribution in [2.45, 2.75) is 50.2 Å². The molecule has 2 atom stereocenters. The van der Waals surface area contributed by atoms with Crippen LogP contribution in [-0.2, 0) is 16.4 Å². The van der Waals surface area contributed by atoms with Crippen LogP contribution in [-0.4, -0.2) is 55.6 Å². The molecule has 4 nitrogen and oxygen atoms in total. The second-order valence-electron chi connectivity index (χ2n) is 9.16. The molecule has 1 unspecified atom stereocenters. The summed E-state index contributed by atoms with van der Waals surface area (Å²) < 4.78 is 27.2. The van der Waals surface area contributed by atoms with E-state index in [1.807, 2.05) is 4.31 Å². The van der Waals surface area contributed by atoms with Crippen molar-refractivity contribution in [3.05, 3.63) is 41.5 Å². The standard InChI is InChI=1S/C23H32N2O2S/c26-28(27,21-10-11-21)25-16-20-4-3-5-22(23(20)17-25)19-8-6-18(7-9-19)12-15-24-13-1-2-14-24/h5-9,20-21,23H,1-4,10-17H2/t20-,23?/m1/s1. The van der Waals surface area contributed by atoms with Crippen LogP contribution in [0.15, 0.2) is 30.3 Å². The smallest absolute Gasteiger partial charge is 0.217 e. The Bertz CT molecular complexity index is 836. The van der Waals surface area contributed by atoms with Crippen molar-refractivity contribution in [2.24, 2.45) is 11.8 Å². The van der Waals surface area contributed by atoms with Crippen LogP contribution in [0.25, 0.3) is 5.57 Å². The molecule has 2 aliphatic heterocycles. The van der Waals surface area contributed by atoms with Gasteiger partial charge in [0.15, 0.2) is 0 Å². The van der Waals surface area contributed by atoms with E-state index in [1.165, 1.54) is 49.2 Å².